The summed E-state index contributed by atoms with van der Waals surface area (Å²) >= 11 is 5.85. The summed E-state index contributed by atoms with van der Waals surface area (Å²) in [5, 5.41) is 0.379. The molecule has 26 heavy (non-hydrogen) atoms. The Morgan fingerprint density at radius 2 is 1.77 bits per heavy atom. The van der Waals surface area contributed by atoms with Gasteiger partial charge in [0.25, 0.3) is 0 Å². The van der Waals surface area contributed by atoms with Gasteiger partial charge >= 0.3 is 0 Å². The van der Waals surface area contributed by atoms with E-state index in [1.54, 1.807) is 0 Å². The number of fused-ring (bicyclic) bond motifs is 1. The molecule has 1 aliphatic rings. The highest BCUT2D eigenvalue weighted by molar-refractivity contribution is 7.92. The van der Waals surface area contributed by atoms with Crippen molar-refractivity contribution in [3.8, 4) is 5.75 Å². The minimum atomic E-state index is -4.07. The van der Waals surface area contributed by atoms with Crippen LogP contribution in [0, 0.1) is 11.6 Å². The van der Waals surface area contributed by atoms with E-state index in [2.05, 4.69) is 0 Å². The van der Waals surface area contributed by atoms with Crippen molar-refractivity contribution in [2.75, 3.05) is 13.2 Å². The fraction of sp³-hybridized carbons (Fsp3) is 0.333. The Balaban J connectivity index is 2.28. The van der Waals surface area contributed by atoms with E-state index < -0.39 is 26.2 Å². The zero-order valence-corrected chi connectivity index (χ0v) is 15.4. The van der Waals surface area contributed by atoms with Crippen LogP contribution in [0.1, 0.15) is 24.8 Å². The van der Waals surface area contributed by atoms with Crippen LogP contribution in [0.25, 0.3) is 0 Å². The lowest BCUT2D eigenvalue weighted by atomic mass is 9.87. The number of halogens is 3. The Kier molecular flexibility index (Phi) is 5.23. The first kappa shape index (κ1) is 19.1. The third-order valence-corrected chi connectivity index (χ3v) is 7.48. The predicted molar refractivity (Wildman–Crippen MR) is 95.1 cm³/mol. The average molecular weight is 402 g/mol. The monoisotopic (exact) mass is 401 g/mol. The second-order valence-electron chi connectivity index (χ2n) is 6.18. The summed E-state index contributed by atoms with van der Waals surface area (Å²) in [6.45, 7) is 0.190. The van der Waals surface area contributed by atoms with Crippen molar-refractivity contribution in [2.45, 2.75) is 28.9 Å². The summed E-state index contributed by atoms with van der Waals surface area (Å²) in [4.78, 5) is -0.00423. The first-order valence-electron chi connectivity index (χ1n) is 8.15. The van der Waals surface area contributed by atoms with Gasteiger partial charge in [-0.3, -0.25) is 0 Å². The zero-order valence-electron chi connectivity index (χ0n) is 13.8. The van der Waals surface area contributed by atoms with E-state index in [-0.39, 0.29) is 42.2 Å². The third kappa shape index (κ3) is 2.98. The van der Waals surface area contributed by atoms with Crippen LogP contribution in [-0.4, -0.2) is 21.6 Å². The topological polar surface area (TPSA) is 69.4 Å². The number of benzene rings is 2. The molecule has 1 aliphatic heterocycles. The lowest BCUT2D eigenvalue weighted by Gasteiger charge is -2.38. The minimum Gasteiger partial charge on any atom is -0.490 e. The van der Waals surface area contributed by atoms with Crippen LogP contribution in [0.5, 0.6) is 5.75 Å². The fourth-order valence-corrected chi connectivity index (χ4v) is 5.72. The highest BCUT2D eigenvalue weighted by Gasteiger charge is 2.51. The van der Waals surface area contributed by atoms with Gasteiger partial charge in [0.2, 0.25) is 0 Å². The first-order valence-corrected chi connectivity index (χ1v) is 10.0. The van der Waals surface area contributed by atoms with Gasteiger partial charge in [0, 0.05) is 11.4 Å². The van der Waals surface area contributed by atoms with Gasteiger partial charge < -0.3 is 10.5 Å². The SMILES string of the molecule is NCCC[C@@]1(S(=O)(=O)c2ccc(Cl)cc2)CCOc2c(F)ccc(F)c21. The maximum Gasteiger partial charge on any atom is 0.188 e. The molecule has 0 fully saturated rings. The summed E-state index contributed by atoms with van der Waals surface area (Å²) < 4.78 is 59.6. The molecule has 3 rings (SSSR count). The highest BCUT2D eigenvalue weighted by Crippen LogP contribution is 2.50. The van der Waals surface area contributed by atoms with Crippen molar-refractivity contribution >= 4 is 21.4 Å². The van der Waals surface area contributed by atoms with Crippen molar-refractivity contribution in [3.63, 3.8) is 0 Å². The summed E-state index contributed by atoms with van der Waals surface area (Å²) in [5.74, 6) is -1.94. The van der Waals surface area contributed by atoms with Gasteiger partial charge in [-0.1, -0.05) is 11.6 Å². The van der Waals surface area contributed by atoms with Crippen LogP contribution in [0.2, 0.25) is 5.02 Å². The molecule has 0 radical (unpaired) electrons. The van der Waals surface area contributed by atoms with Crippen molar-refractivity contribution < 1.29 is 21.9 Å². The van der Waals surface area contributed by atoms with Crippen LogP contribution < -0.4 is 10.5 Å². The molecule has 0 saturated heterocycles. The highest BCUT2D eigenvalue weighted by atomic mass is 35.5. The molecule has 1 atom stereocenters. The van der Waals surface area contributed by atoms with Crippen molar-refractivity contribution in [1.29, 1.82) is 0 Å². The van der Waals surface area contributed by atoms with E-state index >= 15 is 0 Å². The number of ether oxygens (including phenoxy) is 1. The molecule has 0 aromatic heterocycles. The second-order valence-corrected chi connectivity index (χ2v) is 8.87. The molecule has 2 aromatic rings. The first-order chi connectivity index (χ1) is 12.3. The van der Waals surface area contributed by atoms with Crippen LogP contribution in [0.4, 0.5) is 8.78 Å². The Labute approximate surface area is 155 Å². The van der Waals surface area contributed by atoms with Crippen LogP contribution in [-0.2, 0) is 14.6 Å². The zero-order chi connectivity index (χ0) is 18.9. The van der Waals surface area contributed by atoms with Gasteiger partial charge in [0.05, 0.1) is 17.1 Å². The standard InChI is InChI=1S/C18H18ClF2NO3S/c19-12-2-4-13(5-3-12)26(23,24)18(8-1-10-22)9-11-25-17-15(21)7-6-14(20)16(17)18/h2-7H,1,8-11,22H2/t18-/m1/s1. The average Bonchev–Trinajstić information content (AvgIpc) is 2.63. The molecule has 4 nitrogen and oxygen atoms in total. The number of hydrogen-bond acceptors (Lipinski definition) is 4. The van der Waals surface area contributed by atoms with E-state index in [9.17, 15) is 17.2 Å². The van der Waals surface area contributed by atoms with Gasteiger partial charge in [-0.05, 0) is 55.8 Å². The van der Waals surface area contributed by atoms with E-state index in [4.69, 9.17) is 22.1 Å². The number of rotatable bonds is 5. The van der Waals surface area contributed by atoms with Gasteiger partial charge in [0.15, 0.2) is 21.4 Å². The number of hydrogen-bond donors (Lipinski definition) is 1. The Morgan fingerprint density at radius 1 is 1.12 bits per heavy atom. The molecule has 8 heteroatoms. The molecular formula is C18H18ClF2NO3S. The van der Waals surface area contributed by atoms with E-state index in [1.165, 1.54) is 24.3 Å². The summed E-state index contributed by atoms with van der Waals surface area (Å²) in [6, 6.07) is 7.50. The molecule has 2 N–H and O–H groups in total. The molecule has 140 valence electrons. The minimum absolute atomic E-state index is 0.00423. The van der Waals surface area contributed by atoms with E-state index in [1.807, 2.05) is 0 Å². The van der Waals surface area contributed by atoms with E-state index in [0.717, 1.165) is 12.1 Å². The van der Waals surface area contributed by atoms with Crippen molar-refractivity contribution in [2.24, 2.45) is 5.73 Å². The molecule has 0 unspecified atom stereocenters. The predicted octanol–water partition coefficient (Wildman–Crippen LogP) is 3.81. The van der Waals surface area contributed by atoms with Gasteiger partial charge in [-0.2, -0.15) is 0 Å². The van der Waals surface area contributed by atoms with Crippen molar-refractivity contribution in [1.82, 2.24) is 0 Å². The van der Waals surface area contributed by atoms with Crippen molar-refractivity contribution in [3.05, 3.63) is 58.6 Å². The van der Waals surface area contributed by atoms with Gasteiger partial charge in [0.1, 0.15) is 10.6 Å². The molecule has 0 amide bonds. The summed E-state index contributed by atoms with van der Waals surface area (Å²) in [6.07, 6.45) is 0.402. The Morgan fingerprint density at radius 3 is 2.42 bits per heavy atom. The smallest absolute Gasteiger partial charge is 0.188 e. The number of nitrogens with two attached hydrogens (primary N) is 1. The third-order valence-electron chi connectivity index (χ3n) is 4.69. The van der Waals surface area contributed by atoms with Gasteiger partial charge in [-0.25, -0.2) is 17.2 Å². The molecule has 0 bridgehead atoms. The number of sulfone groups is 1. The maximum absolute atomic E-state index is 14.7. The molecule has 0 spiro atoms. The summed E-state index contributed by atoms with van der Waals surface area (Å²) in [5.41, 5.74) is 5.33. The Hall–Kier alpha value is -1.70. The molecular weight excluding hydrogens is 384 g/mol. The van der Waals surface area contributed by atoms with E-state index in [0.29, 0.717) is 11.4 Å². The quantitative estimate of drug-likeness (QED) is 0.827. The van der Waals surface area contributed by atoms with Crippen LogP contribution >= 0.6 is 11.6 Å². The molecule has 0 saturated carbocycles. The van der Waals surface area contributed by atoms with Gasteiger partial charge in [-0.15, -0.1) is 0 Å². The molecule has 1 heterocycles. The normalized spacial score (nSPS) is 19.7. The molecule has 0 aliphatic carbocycles. The Bertz CT molecular complexity index is 919. The second kappa shape index (κ2) is 7.13. The lowest BCUT2D eigenvalue weighted by Crippen LogP contribution is -2.42. The maximum atomic E-state index is 14.7. The fourth-order valence-electron chi connectivity index (χ4n) is 3.42. The van der Waals surface area contributed by atoms with Crippen LogP contribution in [0.3, 0.4) is 0 Å². The summed E-state index contributed by atoms with van der Waals surface area (Å²) in [7, 11) is -4.07. The van der Waals surface area contributed by atoms with Crippen LogP contribution in [0.15, 0.2) is 41.3 Å². The largest absolute Gasteiger partial charge is 0.490 e. The molecule has 2 aromatic carbocycles. The lowest BCUT2D eigenvalue weighted by molar-refractivity contribution is 0.226.